The number of hydrogen-bond acceptors (Lipinski definition) is 7. The lowest BCUT2D eigenvalue weighted by Gasteiger charge is -2.15. The first-order valence-electron chi connectivity index (χ1n) is 9.18. The van der Waals surface area contributed by atoms with Crippen LogP contribution in [0.1, 0.15) is 44.6 Å². The molecule has 1 fully saturated rings. The Labute approximate surface area is 160 Å². The number of halogens is 2. The molecule has 0 radical (unpaired) electrons. The van der Waals surface area contributed by atoms with Gasteiger partial charge in [0.15, 0.2) is 17.5 Å². The highest BCUT2D eigenvalue weighted by Gasteiger charge is 2.29. The van der Waals surface area contributed by atoms with Gasteiger partial charge in [-0.2, -0.15) is 9.67 Å². The monoisotopic (exact) mass is 386 g/mol. The van der Waals surface area contributed by atoms with Crippen molar-refractivity contribution in [1.29, 1.82) is 0 Å². The molecule has 0 spiro atoms. The van der Waals surface area contributed by atoms with Crippen molar-refractivity contribution >= 4 is 17.5 Å². The molecule has 28 heavy (non-hydrogen) atoms. The van der Waals surface area contributed by atoms with Crippen LogP contribution in [0.2, 0.25) is 0 Å². The van der Waals surface area contributed by atoms with Crippen LogP contribution in [0.25, 0.3) is 5.69 Å². The average Bonchev–Trinajstić information content (AvgIpc) is 3.39. The van der Waals surface area contributed by atoms with Crippen LogP contribution in [0.15, 0.2) is 24.7 Å². The molecule has 146 valence electrons. The highest BCUT2D eigenvalue weighted by atomic mass is 19.1. The molecule has 1 unspecified atom stereocenters. The Balaban J connectivity index is 1.67. The number of rotatable bonds is 7. The Bertz CT molecular complexity index is 972. The zero-order valence-electron chi connectivity index (χ0n) is 15.5. The van der Waals surface area contributed by atoms with Crippen LogP contribution in [-0.2, 0) is 0 Å². The third-order valence-electron chi connectivity index (χ3n) is 4.69. The summed E-state index contributed by atoms with van der Waals surface area (Å²) < 4.78 is 30.2. The lowest BCUT2D eigenvalue weighted by atomic mass is 10.1. The van der Waals surface area contributed by atoms with E-state index in [4.69, 9.17) is 0 Å². The molecule has 3 aromatic rings. The van der Waals surface area contributed by atoms with Crippen molar-refractivity contribution in [1.82, 2.24) is 30.2 Å². The van der Waals surface area contributed by atoms with Gasteiger partial charge >= 0.3 is 0 Å². The van der Waals surface area contributed by atoms with Gasteiger partial charge in [-0.3, -0.25) is 0 Å². The van der Waals surface area contributed by atoms with Crippen LogP contribution in [0, 0.1) is 11.6 Å². The summed E-state index contributed by atoms with van der Waals surface area (Å²) in [6.07, 6.45) is 5.14. The first-order chi connectivity index (χ1) is 13.5. The Hall–Kier alpha value is -3.17. The second-order valence-electron chi connectivity index (χ2n) is 6.90. The minimum absolute atomic E-state index is 0.0657. The number of anilines is 3. The van der Waals surface area contributed by atoms with E-state index < -0.39 is 5.82 Å². The molecule has 0 aliphatic heterocycles. The molecule has 0 bridgehead atoms. The fraction of sp³-hybridized carbons (Fsp3) is 0.389. The van der Waals surface area contributed by atoms with E-state index in [1.807, 2.05) is 13.8 Å². The minimum atomic E-state index is -0.530. The molecule has 1 saturated carbocycles. The standard InChI is InChI=1S/C18H20F2N8/c1-3-10(2)23-17-14(19)8-21-18(25-17)24-12-6-13(11-4-5-11)16(20)15(7-12)28-9-22-26-27-28/h6-11H,3-5H2,1-2H3,(H2,21,23,24,25). The van der Waals surface area contributed by atoms with Crippen molar-refractivity contribution in [3.05, 3.63) is 41.9 Å². The van der Waals surface area contributed by atoms with Crippen molar-refractivity contribution in [2.45, 2.75) is 45.1 Å². The van der Waals surface area contributed by atoms with E-state index in [-0.39, 0.29) is 35.2 Å². The highest BCUT2D eigenvalue weighted by Crippen LogP contribution is 2.43. The van der Waals surface area contributed by atoms with Crippen molar-refractivity contribution < 1.29 is 8.78 Å². The molecular formula is C18H20F2N8. The van der Waals surface area contributed by atoms with Gasteiger partial charge in [0.05, 0.1) is 6.20 Å². The minimum Gasteiger partial charge on any atom is -0.365 e. The largest absolute Gasteiger partial charge is 0.365 e. The zero-order chi connectivity index (χ0) is 19.7. The van der Waals surface area contributed by atoms with Crippen LogP contribution in [-0.4, -0.2) is 36.2 Å². The van der Waals surface area contributed by atoms with E-state index in [1.165, 1.54) is 11.0 Å². The number of benzene rings is 1. The molecule has 0 amide bonds. The molecule has 0 saturated heterocycles. The van der Waals surface area contributed by atoms with E-state index in [2.05, 4.69) is 36.1 Å². The maximum atomic E-state index is 14.9. The van der Waals surface area contributed by atoms with Crippen LogP contribution in [0.3, 0.4) is 0 Å². The zero-order valence-corrected chi connectivity index (χ0v) is 15.5. The van der Waals surface area contributed by atoms with Gasteiger partial charge in [0.2, 0.25) is 5.95 Å². The predicted molar refractivity (Wildman–Crippen MR) is 99.7 cm³/mol. The Morgan fingerprint density at radius 3 is 2.79 bits per heavy atom. The maximum absolute atomic E-state index is 14.9. The van der Waals surface area contributed by atoms with Gasteiger partial charge in [0.1, 0.15) is 12.0 Å². The van der Waals surface area contributed by atoms with Gasteiger partial charge in [-0.05, 0) is 60.2 Å². The summed E-state index contributed by atoms with van der Waals surface area (Å²) in [6.45, 7) is 3.93. The summed E-state index contributed by atoms with van der Waals surface area (Å²) in [6, 6.07) is 3.37. The van der Waals surface area contributed by atoms with Crippen molar-refractivity contribution in [3.63, 3.8) is 0 Å². The van der Waals surface area contributed by atoms with Gasteiger partial charge in [0, 0.05) is 11.7 Å². The number of tetrazole rings is 1. The van der Waals surface area contributed by atoms with Crippen LogP contribution < -0.4 is 10.6 Å². The van der Waals surface area contributed by atoms with E-state index >= 15 is 0 Å². The second kappa shape index (κ2) is 7.45. The fourth-order valence-corrected chi connectivity index (χ4v) is 2.83. The molecule has 1 aliphatic carbocycles. The van der Waals surface area contributed by atoms with Gasteiger partial charge in [-0.1, -0.05) is 6.92 Å². The highest BCUT2D eigenvalue weighted by molar-refractivity contribution is 5.61. The first kappa shape index (κ1) is 18.2. The summed E-state index contributed by atoms with van der Waals surface area (Å²) in [4.78, 5) is 8.21. The Morgan fingerprint density at radius 2 is 2.11 bits per heavy atom. The molecule has 1 aromatic carbocycles. The Kier molecular flexibility index (Phi) is 4.84. The Morgan fingerprint density at radius 1 is 1.29 bits per heavy atom. The lowest BCUT2D eigenvalue weighted by molar-refractivity contribution is 0.592. The summed E-state index contributed by atoms with van der Waals surface area (Å²) in [5.74, 6) is -0.369. The van der Waals surface area contributed by atoms with E-state index in [0.29, 0.717) is 11.3 Å². The summed E-state index contributed by atoms with van der Waals surface area (Å²) in [7, 11) is 0. The molecule has 8 nitrogen and oxygen atoms in total. The molecule has 1 aliphatic rings. The number of nitrogens with one attached hydrogen (secondary N) is 2. The van der Waals surface area contributed by atoms with E-state index in [9.17, 15) is 8.78 Å². The van der Waals surface area contributed by atoms with Crippen LogP contribution in [0.4, 0.5) is 26.2 Å². The van der Waals surface area contributed by atoms with Gasteiger partial charge in [-0.15, -0.1) is 5.10 Å². The number of nitrogens with zero attached hydrogens (tertiary/aromatic N) is 6. The first-order valence-corrected chi connectivity index (χ1v) is 9.18. The molecular weight excluding hydrogens is 366 g/mol. The summed E-state index contributed by atoms with van der Waals surface area (Å²) >= 11 is 0. The van der Waals surface area contributed by atoms with E-state index in [0.717, 1.165) is 25.5 Å². The van der Waals surface area contributed by atoms with Crippen LogP contribution in [0.5, 0.6) is 0 Å². The predicted octanol–water partition coefficient (Wildman–Crippen LogP) is 3.56. The molecule has 2 heterocycles. The molecule has 2 N–H and O–H groups in total. The maximum Gasteiger partial charge on any atom is 0.229 e. The second-order valence-corrected chi connectivity index (χ2v) is 6.90. The van der Waals surface area contributed by atoms with Gasteiger partial charge in [0.25, 0.3) is 0 Å². The van der Waals surface area contributed by atoms with Crippen LogP contribution >= 0.6 is 0 Å². The van der Waals surface area contributed by atoms with Crippen molar-refractivity contribution in [3.8, 4) is 5.69 Å². The molecule has 4 rings (SSSR count). The average molecular weight is 386 g/mol. The van der Waals surface area contributed by atoms with E-state index in [1.54, 1.807) is 12.1 Å². The summed E-state index contributed by atoms with van der Waals surface area (Å²) in [5.41, 5.74) is 1.41. The molecule has 10 heteroatoms. The molecule has 1 atom stereocenters. The van der Waals surface area contributed by atoms with Gasteiger partial charge in [-0.25, -0.2) is 13.8 Å². The van der Waals surface area contributed by atoms with Crippen molar-refractivity contribution in [2.75, 3.05) is 10.6 Å². The fourth-order valence-electron chi connectivity index (χ4n) is 2.83. The SMILES string of the molecule is CCC(C)Nc1nc(Nc2cc(C3CC3)c(F)c(-n3cnnn3)c2)ncc1F. The third-order valence-corrected chi connectivity index (χ3v) is 4.69. The van der Waals surface area contributed by atoms with Crippen molar-refractivity contribution in [2.24, 2.45) is 0 Å². The van der Waals surface area contributed by atoms with Gasteiger partial charge < -0.3 is 10.6 Å². The number of aromatic nitrogens is 6. The third kappa shape index (κ3) is 3.75. The lowest BCUT2D eigenvalue weighted by Crippen LogP contribution is -2.16. The molecule has 2 aromatic heterocycles. The normalized spacial score (nSPS) is 14.7. The quantitative estimate of drug-likeness (QED) is 0.641. The number of hydrogen-bond donors (Lipinski definition) is 2. The smallest absolute Gasteiger partial charge is 0.229 e. The topological polar surface area (TPSA) is 93.4 Å². The summed E-state index contributed by atoms with van der Waals surface area (Å²) in [5, 5.41) is 17.0.